The normalized spacial score (nSPS) is 25.2. The van der Waals surface area contributed by atoms with Crippen LogP contribution in [0.2, 0.25) is 0 Å². The molecule has 1 aromatic carbocycles. The van der Waals surface area contributed by atoms with E-state index in [1.54, 1.807) is 6.08 Å². The summed E-state index contributed by atoms with van der Waals surface area (Å²) in [4.78, 5) is 0. The molecule has 1 heterocycles. The first kappa shape index (κ1) is 13.3. The molecular weight excluding hydrogens is 250 g/mol. The molecule has 0 aliphatic carbocycles. The van der Waals surface area contributed by atoms with Crippen LogP contribution in [0.5, 0.6) is 0 Å². The number of benzene rings is 1. The fourth-order valence-electron chi connectivity index (χ4n) is 2.08. The minimum atomic E-state index is -3.33. The third-order valence-electron chi connectivity index (χ3n) is 3.00. The SMILES string of the molecule is C=C[C@@H]1CO[C@H](c2ccc(C)cc2)N1S(C)(=O)=O. The molecule has 1 aliphatic rings. The fraction of sp³-hybridized carbons (Fsp3) is 0.385. The summed E-state index contributed by atoms with van der Waals surface area (Å²) < 4.78 is 30.7. The number of sulfonamides is 1. The standard InChI is InChI=1S/C13H17NO3S/c1-4-12-9-17-13(14(12)18(3,15)16)11-7-5-10(2)6-8-11/h4-8,12-13H,1,9H2,2-3H3/t12-,13-/m1/s1. The van der Waals surface area contributed by atoms with Crippen LogP contribution in [0.4, 0.5) is 0 Å². The van der Waals surface area contributed by atoms with Crippen LogP contribution < -0.4 is 0 Å². The molecule has 0 amide bonds. The van der Waals surface area contributed by atoms with Crippen LogP contribution in [-0.2, 0) is 14.8 Å². The predicted molar refractivity (Wildman–Crippen MR) is 70.5 cm³/mol. The lowest BCUT2D eigenvalue weighted by Crippen LogP contribution is -2.36. The number of ether oxygens (including phenoxy) is 1. The van der Waals surface area contributed by atoms with Crippen molar-refractivity contribution < 1.29 is 13.2 Å². The molecule has 0 saturated carbocycles. The van der Waals surface area contributed by atoms with E-state index in [4.69, 9.17) is 4.74 Å². The highest BCUT2D eigenvalue weighted by atomic mass is 32.2. The molecule has 0 radical (unpaired) electrons. The van der Waals surface area contributed by atoms with Crippen molar-refractivity contribution in [1.82, 2.24) is 4.31 Å². The molecule has 0 N–H and O–H groups in total. The monoisotopic (exact) mass is 267 g/mol. The van der Waals surface area contributed by atoms with Gasteiger partial charge in [0, 0.05) is 0 Å². The van der Waals surface area contributed by atoms with Gasteiger partial charge in [-0.15, -0.1) is 6.58 Å². The van der Waals surface area contributed by atoms with Gasteiger partial charge in [-0.05, 0) is 12.5 Å². The molecule has 0 spiro atoms. The van der Waals surface area contributed by atoms with E-state index in [9.17, 15) is 8.42 Å². The maximum Gasteiger partial charge on any atom is 0.214 e. The molecule has 2 rings (SSSR count). The Kier molecular flexibility index (Phi) is 3.56. The Morgan fingerprint density at radius 1 is 1.39 bits per heavy atom. The molecule has 1 fully saturated rings. The van der Waals surface area contributed by atoms with E-state index in [1.807, 2.05) is 31.2 Å². The lowest BCUT2D eigenvalue weighted by Gasteiger charge is -2.24. The summed E-state index contributed by atoms with van der Waals surface area (Å²) in [6, 6.07) is 7.37. The summed E-state index contributed by atoms with van der Waals surface area (Å²) >= 11 is 0. The van der Waals surface area contributed by atoms with Crippen molar-refractivity contribution in [3.63, 3.8) is 0 Å². The Labute approximate surface area is 108 Å². The Morgan fingerprint density at radius 3 is 2.50 bits per heavy atom. The van der Waals surface area contributed by atoms with E-state index in [0.717, 1.165) is 11.1 Å². The second-order valence-electron chi connectivity index (χ2n) is 4.49. The van der Waals surface area contributed by atoms with E-state index in [-0.39, 0.29) is 6.04 Å². The molecular formula is C13H17NO3S. The highest BCUT2D eigenvalue weighted by molar-refractivity contribution is 7.88. The summed E-state index contributed by atoms with van der Waals surface area (Å²) in [5.74, 6) is 0. The molecule has 0 unspecified atom stereocenters. The van der Waals surface area contributed by atoms with E-state index in [2.05, 4.69) is 6.58 Å². The average Bonchev–Trinajstić information content (AvgIpc) is 2.73. The zero-order valence-electron chi connectivity index (χ0n) is 10.5. The first-order chi connectivity index (χ1) is 8.43. The van der Waals surface area contributed by atoms with Gasteiger partial charge in [0.15, 0.2) is 6.23 Å². The molecule has 1 aromatic rings. The van der Waals surface area contributed by atoms with Gasteiger partial charge in [0.2, 0.25) is 10.0 Å². The molecule has 5 heteroatoms. The van der Waals surface area contributed by atoms with Gasteiger partial charge < -0.3 is 4.74 Å². The lowest BCUT2D eigenvalue weighted by atomic mass is 10.1. The van der Waals surface area contributed by atoms with Gasteiger partial charge in [0.25, 0.3) is 0 Å². The third-order valence-corrected chi connectivity index (χ3v) is 4.23. The second kappa shape index (κ2) is 4.84. The number of hydrogen-bond acceptors (Lipinski definition) is 3. The molecule has 0 aromatic heterocycles. The van der Waals surface area contributed by atoms with Gasteiger partial charge in [0.1, 0.15) is 0 Å². The maximum atomic E-state index is 11.9. The van der Waals surface area contributed by atoms with Crippen LogP contribution in [0.1, 0.15) is 17.4 Å². The van der Waals surface area contributed by atoms with E-state index in [1.165, 1.54) is 10.6 Å². The van der Waals surface area contributed by atoms with Gasteiger partial charge >= 0.3 is 0 Å². The van der Waals surface area contributed by atoms with Gasteiger partial charge in [-0.25, -0.2) is 8.42 Å². The Balaban J connectivity index is 2.38. The number of hydrogen-bond donors (Lipinski definition) is 0. The van der Waals surface area contributed by atoms with Crippen molar-refractivity contribution >= 4 is 10.0 Å². The first-order valence-electron chi connectivity index (χ1n) is 5.72. The largest absolute Gasteiger partial charge is 0.356 e. The smallest absolute Gasteiger partial charge is 0.214 e. The highest BCUT2D eigenvalue weighted by Gasteiger charge is 2.39. The number of rotatable bonds is 3. The van der Waals surface area contributed by atoms with Crippen LogP contribution in [0.3, 0.4) is 0 Å². The van der Waals surface area contributed by atoms with E-state index < -0.39 is 16.3 Å². The fourth-order valence-corrected chi connectivity index (χ4v) is 3.25. The molecule has 1 aliphatic heterocycles. The zero-order valence-corrected chi connectivity index (χ0v) is 11.4. The molecule has 4 nitrogen and oxygen atoms in total. The van der Waals surface area contributed by atoms with Gasteiger partial charge in [-0.3, -0.25) is 0 Å². The van der Waals surface area contributed by atoms with E-state index >= 15 is 0 Å². The topological polar surface area (TPSA) is 46.6 Å². The summed E-state index contributed by atoms with van der Waals surface area (Å²) in [6.45, 7) is 5.99. The Bertz CT molecular complexity index is 536. The maximum absolute atomic E-state index is 11.9. The molecule has 98 valence electrons. The lowest BCUT2D eigenvalue weighted by molar-refractivity contribution is 0.0685. The van der Waals surface area contributed by atoms with Crippen LogP contribution in [0.25, 0.3) is 0 Å². The minimum absolute atomic E-state index is 0.300. The minimum Gasteiger partial charge on any atom is -0.356 e. The summed E-state index contributed by atoms with van der Waals surface area (Å²) in [7, 11) is -3.33. The molecule has 1 saturated heterocycles. The second-order valence-corrected chi connectivity index (χ2v) is 6.38. The van der Waals surface area contributed by atoms with Gasteiger partial charge in [0.05, 0.1) is 18.9 Å². The van der Waals surface area contributed by atoms with Crippen molar-refractivity contribution in [3.05, 3.63) is 48.0 Å². The molecule has 2 atom stereocenters. The number of nitrogens with zero attached hydrogens (tertiary/aromatic N) is 1. The summed E-state index contributed by atoms with van der Waals surface area (Å²) in [5, 5.41) is 0. The molecule has 0 bridgehead atoms. The summed E-state index contributed by atoms with van der Waals surface area (Å²) in [5.41, 5.74) is 1.97. The Morgan fingerprint density at radius 2 is 2.00 bits per heavy atom. The van der Waals surface area contributed by atoms with Crippen LogP contribution >= 0.6 is 0 Å². The van der Waals surface area contributed by atoms with Crippen LogP contribution in [0, 0.1) is 6.92 Å². The summed E-state index contributed by atoms with van der Waals surface area (Å²) in [6.07, 6.45) is 2.25. The van der Waals surface area contributed by atoms with Crippen molar-refractivity contribution in [2.75, 3.05) is 12.9 Å². The zero-order chi connectivity index (χ0) is 13.3. The first-order valence-corrected chi connectivity index (χ1v) is 7.57. The third kappa shape index (κ3) is 2.48. The number of aryl methyl sites for hydroxylation is 1. The van der Waals surface area contributed by atoms with Crippen molar-refractivity contribution in [1.29, 1.82) is 0 Å². The van der Waals surface area contributed by atoms with Crippen LogP contribution in [0.15, 0.2) is 36.9 Å². The van der Waals surface area contributed by atoms with Gasteiger partial charge in [-0.2, -0.15) is 4.31 Å². The van der Waals surface area contributed by atoms with Crippen molar-refractivity contribution in [3.8, 4) is 0 Å². The predicted octanol–water partition coefficient (Wildman–Crippen LogP) is 1.84. The average molecular weight is 267 g/mol. The quantitative estimate of drug-likeness (QED) is 0.785. The van der Waals surface area contributed by atoms with Crippen LogP contribution in [-0.4, -0.2) is 31.6 Å². The molecule has 18 heavy (non-hydrogen) atoms. The van der Waals surface area contributed by atoms with E-state index in [0.29, 0.717) is 6.61 Å². The Hall–Kier alpha value is -1.17. The van der Waals surface area contributed by atoms with Crippen molar-refractivity contribution in [2.24, 2.45) is 0 Å². The van der Waals surface area contributed by atoms with Crippen molar-refractivity contribution in [2.45, 2.75) is 19.2 Å². The van der Waals surface area contributed by atoms with Gasteiger partial charge in [-0.1, -0.05) is 35.9 Å². The highest BCUT2D eigenvalue weighted by Crippen LogP contribution is 2.33.